The molecule has 1 rings (SSSR count). The maximum Gasteiger partial charge on any atom is 0.300 e. The molecule has 0 aliphatic rings. The number of nitrogens with two attached hydrogens (primary N) is 1. The Hall–Kier alpha value is -1.43. The zero-order valence-electron chi connectivity index (χ0n) is 6.14. The summed E-state index contributed by atoms with van der Waals surface area (Å²) in [5, 5.41) is 14.5. The van der Waals surface area contributed by atoms with Crippen LogP contribution in [0.3, 0.4) is 0 Å². The summed E-state index contributed by atoms with van der Waals surface area (Å²) in [7, 11) is 0. The van der Waals surface area contributed by atoms with Crippen LogP contribution in [0.4, 0.5) is 0 Å². The van der Waals surface area contributed by atoms with E-state index in [-0.39, 0.29) is 0 Å². The molecule has 0 bridgehead atoms. The van der Waals surface area contributed by atoms with Crippen LogP contribution >= 0.6 is 0 Å². The van der Waals surface area contributed by atoms with E-state index in [0.29, 0.717) is 6.67 Å². The summed E-state index contributed by atoms with van der Waals surface area (Å²) in [4.78, 5) is 9.00. The summed E-state index contributed by atoms with van der Waals surface area (Å²) in [6.45, 7) is 1.49. The second-order valence-corrected chi connectivity index (χ2v) is 1.64. The van der Waals surface area contributed by atoms with E-state index in [9.17, 15) is 0 Å². The van der Waals surface area contributed by atoms with Gasteiger partial charge < -0.3 is 10.8 Å². The van der Waals surface area contributed by atoms with Crippen molar-refractivity contribution in [3.05, 3.63) is 12.4 Å². The van der Waals surface area contributed by atoms with Crippen molar-refractivity contribution in [2.45, 2.75) is 13.6 Å². The van der Waals surface area contributed by atoms with Crippen LogP contribution in [0.2, 0.25) is 0 Å². The standard InChI is InChI=1S/C3H6N4.C2H4O2/c4-3-7-2-1-5-6-7;1-2(3)4/h1-2H,3-4H2;1H3,(H,3,4). The second kappa shape index (κ2) is 5.36. The Bertz CT molecular complexity index is 192. The van der Waals surface area contributed by atoms with Gasteiger partial charge in [-0.15, -0.1) is 5.10 Å². The molecule has 62 valence electrons. The average Bonchev–Trinajstić information content (AvgIpc) is 2.36. The van der Waals surface area contributed by atoms with Gasteiger partial charge in [0.15, 0.2) is 0 Å². The average molecular weight is 158 g/mol. The quantitative estimate of drug-likeness (QED) is 0.562. The van der Waals surface area contributed by atoms with Crippen molar-refractivity contribution in [1.29, 1.82) is 0 Å². The minimum absolute atomic E-state index is 0.403. The lowest BCUT2D eigenvalue weighted by molar-refractivity contribution is -0.134. The molecular weight excluding hydrogens is 148 g/mol. The van der Waals surface area contributed by atoms with Crippen LogP contribution in [0.25, 0.3) is 0 Å². The summed E-state index contributed by atoms with van der Waals surface area (Å²) < 4.78 is 1.54. The molecule has 6 heteroatoms. The monoisotopic (exact) mass is 158 g/mol. The number of carboxylic acid groups (broad SMARTS) is 1. The summed E-state index contributed by atoms with van der Waals surface area (Å²) in [6.07, 6.45) is 3.30. The molecule has 0 fully saturated rings. The first kappa shape index (κ1) is 9.57. The highest BCUT2D eigenvalue weighted by atomic mass is 16.4. The fourth-order valence-corrected chi connectivity index (χ4v) is 0.330. The van der Waals surface area contributed by atoms with E-state index in [4.69, 9.17) is 15.6 Å². The summed E-state index contributed by atoms with van der Waals surface area (Å²) in [5.41, 5.74) is 5.15. The van der Waals surface area contributed by atoms with Crippen LogP contribution in [-0.2, 0) is 11.5 Å². The van der Waals surface area contributed by atoms with Gasteiger partial charge >= 0.3 is 0 Å². The Morgan fingerprint density at radius 3 is 2.55 bits per heavy atom. The maximum atomic E-state index is 9.00. The Morgan fingerprint density at radius 2 is 2.36 bits per heavy atom. The van der Waals surface area contributed by atoms with Gasteiger partial charge in [-0.2, -0.15) is 0 Å². The molecule has 0 amide bonds. The van der Waals surface area contributed by atoms with Gasteiger partial charge in [-0.25, -0.2) is 4.68 Å². The van der Waals surface area contributed by atoms with Gasteiger partial charge in [0.2, 0.25) is 0 Å². The van der Waals surface area contributed by atoms with Crippen molar-refractivity contribution >= 4 is 5.97 Å². The molecule has 0 atom stereocenters. The fourth-order valence-electron chi connectivity index (χ4n) is 0.330. The number of hydrogen-bond donors (Lipinski definition) is 2. The molecule has 3 N–H and O–H groups in total. The van der Waals surface area contributed by atoms with Crippen molar-refractivity contribution in [3.63, 3.8) is 0 Å². The summed E-state index contributed by atoms with van der Waals surface area (Å²) in [5.74, 6) is -0.833. The normalized spacial score (nSPS) is 8.18. The van der Waals surface area contributed by atoms with Crippen LogP contribution < -0.4 is 5.73 Å². The molecule has 0 saturated heterocycles. The third-order valence-electron chi connectivity index (χ3n) is 0.659. The van der Waals surface area contributed by atoms with Gasteiger partial charge in [0.1, 0.15) is 0 Å². The van der Waals surface area contributed by atoms with Gasteiger partial charge in [-0.1, -0.05) is 5.21 Å². The SMILES string of the molecule is CC(=O)O.NCn1ccnn1. The molecule has 0 aromatic carbocycles. The van der Waals surface area contributed by atoms with Crippen LogP contribution in [-0.4, -0.2) is 26.1 Å². The van der Waals surface area contributed by atoms with Crippen LogP contribution in [0.1, 0.15) is 6.92 Å². The molecule has 1 heterocycles. The molecule has 0 radical (unpaired) electrons. The number of hydrogen-bond acceptors (Lipinski definition) is 4. The molecule has 0 aliphatic heterocycles. The summed E-state index contributed by atoms with van der Waals surface area (Å²) in [6, 6.07) is 0. The van der Waals surface area contributed by atoms with E-state index in [1.807, 2.05) is 0 Å². The predicted octanol–water partition coefficient (Wildman–Crippen LogP) is -0.715. The minimum atomic E-state index is -0.833. The van der Waals surface area contributed by atoms with Crippen molar-refractivity contribution in [2.24, 2.45) is 5.73 Å². The molecule has 0 unspecified atom stereocenters. The van der Waals surface area contributed by atoms with Crippen molar-refractivity contribution in [1.82, 2.24) is 15.0 Å². The smallest absolute Gasteiger partial charge is 0.300 e. The topological polar surface area (TPSA) is 94.0 Å². The van der Waals surface area contributed by atoms with E-state index >= 15 is 0 Å². The van der Waals surface area contributed by atoms with Gasteiger partial charge in [0.05, 0.1) is 12.9 Å². The molecule has 1 aromatic heterocycles. The molecule has 0 aliphatic carbocycles. The van der Waals surface area contributed by atoms with Crippen molar-refractivity contribution < 1.29 is 9.90 Å². The van der Waals surface area contributed by atoms with E-state index < -0.39 is 5.97 Å². The second-order valence-electron chi connectivity index (χ2n) is 1.64. The van der Waals surface area contributed by atoms with E-state index in [1.165, 1.54) is 0 Å². The minimum Gasteiger partial charge on any atom is -0.481 e. The van der Waals surface area contributed by atoms with Gasteiger partial charge in [-0.3, -0.25) is 4.79 Å². The lowest BCUT2D eigenvalue weighted by Crippen LogP contribution is -2.06. The van der Waals surface area contributed by atoms with Gasteiger partial charge in [0.25, 0.3) is 5.97 Å². The molecule has 0 saturated carbocycles. The first-order valence-electron chi connectivity index (χ1n) is 2.90. The molecule has 1 aromatic rings. The largest absolute Gasteiger partial charge is 0.481 e. The lowest BCUT2D eigenvalue weighted by Gasteiger charge is -1.85. The zero-order chi connectivity index (χ0) is 8.69. The number of rotatable bonds is 1. The number of aliphatic carboxylic acids is 1. The molecule has 11 heavy (non-hydrogen) atoms. The molecule has 6 nitrogen and oxygen atoms in total. The molecular formula is C5H10N4O2. The Kier molecular flexibility index (Phi) is 4.67. The third kappa shape index (κ3) is 6.46. The Labute approximate surface area is 63.6 Å². The fraction of sp³-hybridized carbons (Fsp3) is 0.400. The zero-order valence-corrected chi connectivity index (χ0v) is 6.14. The first-order chi connectivity index (χ1) is 5.16. The highest BCUT2D eigenvalue weighted by Gasteiger charge is 1.78. The molecule has 0 spiro atoms. The Balaban J connectivity index is 0.000000218. The maximum absolute atomic E-state index is 9.00. The lowest BCUT2D eigenvalue weighted by atomic mass is 10.9. The Morgan fingerprint density at radius 1 is 1.82 bits per heavy atom. The highest BCUT2D eigenvalue weighted by molar-refractivity contribution is 5.62. The van der Waals surface area contributed by atoms with Crippen LogP contribution in [0.5, 0.6) is 0 Å². The number of carbonyl (C=O) groups is 1. The van der Waals surface area contributed by atoms with Crippen molar-refractivity contribution in [3.8, 4) is 0 Å². The highest BCUT2D eigenvalue weighted by Crippen LogP contribution is 1.71. The van der Waals surface area contributed by atoms with E-state index in [2.05, 4.69) is 10.3 Å². The third-order valence-corrected chi connectivity index (χ3v) is 0.659. The number of carboxylic acids is 1. The summed E-state index contributed by atoms with van der Waals surface area (Å²) >= 11 is 0. The van der Waals surface area contributed by atoms with Crippen LogP contribution in [0.15, 0.2) is 12.4 Å². The van der Waals surface area contributed by atoms with Crippen molar-refractivity contribution in [2.75, 3.05) is 0 Å². The predicted molar refractivity (Wildman–Crippen MR) is 37.5 cm³/mol. The van der Waals surface area contributed by atoms with E-state index in [0.717, 1.165) is 6.92 Å². The number of aromatic nitrogens is 3. The van der Waals surface area contributed by atoms with E-state index in [1.54, 1.807) is 17.1 Å². The number of nitrogens with zero attached hydrogens (tertiary/aromatic N) is 3. The first-order valence-corrected chi connectivity index (χ1v) is 2.90. The van der Waals surface area contributed by atoms with Crippen LogP contribution in [0, 0.1) is 0 Å². The van der Waals surface area contributed by atoms with Gasteiger partial charge in [0, 0.05) is 13.1 Å². The van der Waals surface area contributed by atoms with Gasteiger partial charge in [-0.05, 0) is 0 Å².